The molecule has 148 valence electrons. The second-order valence-electron chi connectivity index (χ2n) is 8.71. The molecule has 1 aromatic heterocycles. The van der Waals surface area contributed by atoms with Crippen LogP contribution in [0.15, 0.2) is 4.52 Å². The lowest BCUT2D eigenvalue weighted by Gasteiger charge is -2.45. The first-order valence-corrected chi connectivity index (χ1v) is 10.4. The number of likely N-dealkylation sites (tertiary alicyclic amines) is 1. The van der Waals surface area contributed by atoms with E-state index in [1.54, 1.807) is 0 Å². The number of aromatic nitrogens is 2. The third-order valence-corrected chi connectivity index (χ3v) is 6.90. The molecule has 0 aromatic carbocycles. The Morgan fingerprint density at radius 1 is 1.15 bits per heavy atom. The number of rotatable bonds is 4. The lowest BCUT2D eigenvalue weighted by Crippen LogP contribution is -2.55. The summed E-state index contributed by atoms with van der Waals surface area (Å²) in [7, 11) is 0. The molecule has 3 saturated heterocycles. The molecular weight excluding hydrogens is 346 g/mol. The van der Waals surface area contributed by atoms with Gasteiger partial charge < -0.3 is 19.5 Å². The molecule has 1 saturated carbocycles. The minimum Gasteiger partial charge on any atom is -0.441 e. The number of aryl methyl sites for hydroxylation is 1. The van der Waals surface area contributed by atoms with Gasteiger partial charge in [0.05, 0.1) is 6.04 Å². The molecule has 1 spiro atoms. The van der Waals surface area contributed by atoms with Gasteiger partial charge in [0, 0.05) is 45.1 Å². The Bertz CT molecular complexity index is 687. The van der Waals surface area contributed by atoms with E-state index in [0.717, 1.165) is 64.2 Å². The van der Waals surface area contributed by atoms with Crippen molar-refractivity contribution in [2.24, 2.45) is 5.92 Å². The fourth-order valence-electron chi connectivity index (χ4n) is 5.07. The Hall–Kier alpha value is -1.83. The molecular formula is C19H29N5O3. The molecule has 1 N–H and O–H groups in total. The number of amides is 1. The first kappa shape index (κ1) is 17.3. The lowest BCUT2D eigenvalue weighted by atomic mass is 9.81. The van der Waals surface area contributed by atoms with Crippen molar-refractivity contribution in [3.8, 4) is 0 Å². The van der Waals surface area contributed by atoms with Crippen LogP contribution in [0.5, 0.6) is 0 Å². The molecule has 1 aromatic rings. The summed E-state index contributed by atoms with van der Waals surface area (Å²) in [6.45, 7) is 5.79. The molecule has 0 bridgehead atoms. The topological polar surface area (TPSA) is 83.7 Å². The minimum atomic E-state index is -0.266. The largest absolute Gasteiger partial charge is 0.441 e. The normalized spacial score (nSPS) is 29.1. The third kappa shape index (κ3) is 3.39. The second kappa shape index (κ2) is 6.65. The highest BCUT2D eigenvalue weighted by Gasteiger charge is 2.52. The van der Waals surface area contributed by atoms with Crippen LogP contribution in [0, 0.1) is 12.8 Å². The van der Waals surface area contributed by atoms with Crippen LogP contribution in [0.4, 0.5) is 10.8 Å². The quantitative estimate of drug-likeness (QED) is 0.863. The number of hydrogen-bond acceptors (Lipinski definition) is 7. The Kier molecular flexibility index (Phi) is 4.26. The van der Waals surface area contributed by atoms with Crippen molar-refractivity contribution >= 4 is 12.1 Å². The highest BCUT2D eigenvalue weighted by Crippen LogP contribution is 2.42. The van der Waals surface area contributed by atoms with Gasteiger partial charge >= 0.3 is 12.1 Å². The highest BCUT2D eigenvalue weighted by atomic mass is 16.6. The van der Waals surface area contributed by atoms with Gasteiger partial charge in [0.25, 0.3) is 0 Å². The van der Waals surface area contributed by atoms with Gasteiger partial charge in [-0.3, -0.25) is 4.90 Å². The Labute approximate surface area is 159 Å². The molecule has 1 aliphatic carbocycles. The number of piperidine rings is 2. The lowest BCUT2D eigenvalue weighted by molar-refractivity contribution is -0.0322. The van der Waals surface area contributed by atoms with Crippen molar-refractivity contribution in [3.63, 3.8) is 0 Å². The number of anilines is 1. The first-order chi connectivity index (χ1) is 13.1. The van der Waals surface area contributed by atoms with Crippen LogP contribution < -0.4 is 10.2 Å². The Morgan fingerprint density at radius 3 is 2.52 bits per heavy atom. The van der Waals surface area contributed by atoms with Gasteiger partial charge in [0.2, 0.25) is 0 Å². The number of ether oxygens (including phenoxy) is 1. The molecule has 1 amide bonds. The zero-order valence-electron chi connectivity index (χ0n) is 16.0. The van der Waals surface area contributed by atoms with Crippen molar-refractivity contribution in [2.75, 3.05) is 31.1 Å². The molecule has 0 radical (unpaired) electrons. The molecule has 27 heavy (non-hydrogen) atoms. The van der Waals surface area contributed by atoms with Gasteiger partial charge in [0.15, 0.2) is 5.82 Å². The van der Waals surface area contributed by atoms with E-state index in [1.165, 1.54) is 12.8 Å². The summed E-state index contributed by atoms with van der Waals surface area (Å²) in [6.07, 6.45) is 7.62. The van der Waals surface area contributed by atoms with Crippen molar-refractivity contribution in [1.29, 1.82) is 0 Å². The number of carbonyl (C=O) groups is 1. The van der Waals surface area contributed by atoms with Gasteiger partial charge in [-0.25, -0.2) is 4.79 Å². The smallest absolute Gasteiger partial charge is 0.408 e. The average molecular weight is 375 g/mol. The average Bonchev–Trinajstić information content (AvgIpc) is 3.31. The molecule has 4 aliphatic rings. The summed E-state index contributed by atoms with van der Waals surface area (Å²) >= 11 is 0. The predicted molar refractivity (Wildman–Crippen MR) is 98.6 cm³/mol. The van der Waals surface area contributed by atoms with Crippen LogP contribution >= 0.6 is 0 Å². The van der Waals surface area contributed by atoms with E-state index in [-0.39, 0.29) is 17.7 Å². The number of carbonyl (C=O) groups excluding carboxylic acids is 1. The Morgan fingerprint density at radius 2 is 1.89 bits per heavy atom. The van der Waals surface area contributed by atoms with Gasteiger partial charge in [-0.1, -0.05) is 18.0 Å². The molecule has 8 nitrogen and oxygen atoms in total. The van der Waals surface area contributed by atoms with Crippen LogP contribution in [0.25, 0.3) is 0 Å². The fourth-order valence-corrected chi connectivity index (χ4v) is 5.07. The van der Waals surface area contributed by atoms with Crippen LogP contribution in [-0.4, -0.2) is 65.0 Å². The van der Waals surface area contributed by atoms with Gasteiger partial charge in [0.1, 0.15) is 5.60 Å². The van der Waals surface area contributed by atoms with Crippen molar-refractivity contribution in [3.05, 3.63) is 5.82 Å². The first-order valence-electron chi connectivity index (χ1n) is 10.4. The zero-order valence-corrected chi connectivity index (χ0v) is 16.0. The maximum atomic E-state index is 11.9. The number of nitrogens with zero attached hydrogens (tertiary/aromatic N) is 4. The van der Waals surface area contributed by atoms with Gasteiger partial charge in [-0.2, -0.15) is 4.98 Å². The molecule has 4 heterocycles. The van der Waals surface area contributed by atoms with E-state index in [9.17, 15) is 4.79 Å². The number of hydrogen-bond donors (Lipinski definition) is 1. The predicted octanol–water partition coefficient (Wildman–Crippen LogP) is 2.09. The summed E-state index contributed by atoms with van der Waals surface area (Å²) in [4.78, 5) is 21.0. The molecule has 1 atom stereocenters. The van der Waals surface area contributed by atoms with Crippen LogP contribution in [0.1, 0.15) is 50.8 Å². The van der Waals surface area contributed by atoms with E-state index in [2.05, 4.69) is 25.3 Å². The molecule has 5 rings (SSSR count). The van der Waals surface area contributed by atoms with E-state index in [4.69, 9.17) is 9.26 Å². The molecule has 3 aliphatic heterocycles. The SMILES string of the molecule is Cc1noc(N2CCC(N3CCC4(CC3)OC(=O)NC4CC3CC3)CC2)n1. The van der Waals surface area contributed by atoms with Crippen molar-refractivity contribution in [2.45, 2.75) is 69.6 Å². The third-order valence-electron chi connectivity index (χ3n) is 6.90. The summed E-state index contributed by atoms with van der Waals surface area (Å²) in [5.41, 5.74) is -0.266. The summed E-state index contributed by atoms with van der Waals surface area (Å²) in [5.74, 6) is 1.48. The highest BCUT2D eigenvalue weighted by molar-refractivity contribution is 5.71. The monoisotopic (exact) mass is 375 g/mol. The molecule has 4 fully saturated rings. The van der Waals surface area contributed by atoms with Gasteiger partial charge in [-0.15, -0.1) is 0 Å². The van der Waals surface area contributed by atoms with Crippen LogP contribution in [0.3, 0.4) is 0 Å². The maximum Gasteiger partial charge on any atom is 0.408 e. The van der Waals surface area contributed by atoms with E-state index in [1.807, 2.05) is 6.92 Å². The van der Waals surface area contributed by atoms with Crippen molar-refractivity contribution in [1.82, 2.24) is 20.4 Å². The van der Waals surface area contributed by atoms with Crippen LogP contribution in [0.2, 0.25) is 0 Å². The van der Waals surface area contributed by atoms with E-state index < -0.39 is 0 Å². The molecule has 8 heteroatoms. The van der Waals surface area contributed by atoms with Crippen LogP contribution in [-0.2, 0) is 4.74 Å². The Balaban J connectivity index is 1.16. The zero-order chi connectivity index (χ0) is 18.4. The fraction of sp³-hybridized carbons (Fsp3) is 0.842. The number of nitrogens with one attached hydrogen (secondary N) is 1. The summed E-state index contributed by atoms with van der Waals surface area (Å²) in [6, 6.07) is 1.45. The van der Waals surface area contributed by atoms with E-state index >= 15 is 0 Å². The minimum absolute atomic E-state index is 0.210. The number of alkyl carbamates (subject to hydrolysis) is 1. The summed E-state index contributed by atoms with van der Waals surface area (Å²) < 4.78 is 11.1. The standard InChI is InChI=1S/C19H29N5O3/c1-13-20-17(27-22-13)24-8-4-15(5-9-24)23-10-6-19(7-11-23)16(12-14-2-3-14)21-18(25)26-19/h14-16H,2-12H2,1H3,(H,21,25). The second-order valence-corrected chi connectivity index (χ2v) is 8.71. The van der Waals surface area contributed by atoms with Gasteiger partial charge in [-0.05, 0) is 32.1 Å². The van der Waals surface area contributed by atoms with Crippen molar-refractivity contribution < 1.29 is 14.1 Å². The molecule has 1 unspecified atom stereocenters. The summed E-state index contributed by atoms with van der Waals surface area (Å²) in [5, 5.41) is 6.99. The van der Waals surface area contributed by atoms with E-state index in [0.29, 0.717) is 17.9 Å². The maximum absolute atomic E-state index is 11.9.